The number of hydrogen-bond donors (Lipinski definition) is 4. The summed E-state index contributed by atoms with van der Waals surface area (Å²) in [6, 6.07) is 10.0. The first-order valence-corrected chi connectivity index (χ1v) is 7.58. The minimum atomic E-state index is -0.858. The molecule has 1 heterocycles. The summed E-state index contributed by atoms with van der Waals surface area (Å²) in [5.41, 5.74) is 1.10. The lowest BCUT2D eigenvalue weighted by molar-refractivity contribution is 0.147. The fraction of sp³-hybridized carbons (Fsp3) is 0.353. The molecule has 2 atom stereocenters. The maximum atomic E-state index is 11.8. The highest BCUT2D eigenvalue weighted by molar-refractivity contribution is 5.74. The number of furan rings is 1. The van der Waals surface area contributed by atoms with Crippen LogP contribution in [0, 0.1) is 0 Å². The summed E-state index contributed by atoms with van der Waals surface area (Å²) in [5.74, 6) is 0.667. The Bertz CT molecular complexity index is 596. The maximum Gasteiger partial charge on any atom is 0.315 e. The minimum Gasteiger partial charge on any atom is -0.508 e. The second kappa shape index (κ2) is 8.24. The molecule has 6 nitrogen and oxygen atoms in total. The zero-order valence-electron chi connectivity index (χ0n) is 13.0. The lowest BCUT2D eigenvalue weighted by Gasteiger charge is -2.16. The van der Waals surface area contributed by atoms with Crippen LogP contribution in [-0.2, 0) is 6.42 Å². The SMILES string of the molecule is CC(CCc1ccc(O)cc1)NC(=O)NCC(O)c1ccco1. The Morgan fingerprint density at radius 3 is 2.65 bits per heavy atom. The number of amides is 2. The molecule has 0 saturated carbocycles. The smallest absolute Gasteiger partial charge is 0.315 e. The topological polar surface area (TPSA) is 94.7 Å². The summed E-state index contributed by atoms with van der Waals surface area (Å²) >= 11 is 0. The van der Waals surface area contributed by atoms with Gasteiger partial charge in [-0.15, -0.1) is 0 Å². The Hall–Kier alpha value is -2.47. The van der Waals surface area contributed by atoms with Crippen LogP contribution in [0.15, 0.2) is 47.1 Å². The van der Waals surface area contributed by atoms with Crippen molar-refractivity contribution in [2.24, 2.45) is 0 Å². The molecule has 2 amide bonds. The largest absolute Gasteiger partial charge is 0.508 e. The first kappa shape index (κ1) is 16.9. The van der Waals surface area contributed by atoms with Crippen molar-refractivity contribution in [2.45, 2.75) is 31.9 Å². The molecule has 0 spiro atoms. The number of nitrogens with one attached hydrogen (secondary N) is 2. The van der Waals surface area contributed by atoms with Gasteiger partial charge in [0.05, 0.1) is 12.8 Å². The Morgan fingerprint density at radius 1 is 1.26 bits per heavy atom. The van der Waals surface area contributed by atoms with Gasteiger partial charge in [-0.1, -0.05) is 12.1 Å². The molecule has 0 saturated heterocycles. The molecule has 4 N–H and O–H groups in total. The summed E-state index contributed by atoms with van der Waals surface area (Å²) in [5, 5.41) is 24.5. The number of hydrogen-bond acceptors (Lipinski definition) is 4. The van der Waals surface area contributed by atoms with Crippen molar-refractivity contribution >= 4 is 6.03 Å². The summed E-state index contributed by atoms with van der Waals surface area (Å²) in [7, 11) is 0. The van der Waals surface area contributed by atoms with Gasteiger partial charge in [-0.05, 0) is 49.6 Å². The van der Waals surface area contributed by atoms with Crippen LogP contribution in [0.25, 0.3) is 0 Å². The van der Waals surface area contributed by atoms with Gasteiger partial charge in [-0.3, -0.25) is 0 Å². The normalized spacial score (nSPS) is 13.3. The van der Waals surface area contributed by atoms with Gasteiger partial charge >= 0.3 is 6.03 Å². The van der Waals surface area contributed by atoms with Gasteiger partial charge in [0, 0.05) is 6.04 Å². The Balaban J connectivity index is 1.67. The van der Waals surface area contributed by atoms with Crippen LogP contribution in [0.5, 0.6) is 5.75 Å². The van der Waals surface area contributed by atoms with E-state index in [4.69, 9.17) is 4.42 Å². The third kappa shape index (κ3) is 5.67. The fourth-order valence-corrected chi connectivity index (χ4v) is 2.16. The van der Waals surface area contributed by atoms with Gasteiger partial charge in [-0.25, -0.2) is 4.79 Å². The molecule has 2 unspecified atom stereocenters. The van der Waals surface area contributed by atoms with Crippen LogP contribution < -0.4 is 10.6 Å². The number of aromatic hydroxyl groups is 1. The molecule has 0 fully saturated rings. The van der Waals surface area contributed by atoms with Gasteiger partial charge in [-0.2, -0.15) is 0 Å². The van der Waals surface area contributed by atoms with Gasteiger partial charge in [0.15, 0.2) is 0 Å². The van der Waals surface area contributed by atoms with Crippen molar-refractivity contribution in [1.29, 1.82) is 0 Å². The number of urea groups is 1. The fourth-order valence-electron chi connectivity index (χ4n) is 2.16. The second-order valence-electron chi connectivity index (χ2n) is 5.49. The first-order valence-electron chi connectivity index (χ1n) is 7.58. The lowest BCUT2D eigenvalue weighted by atomic mass is 10.1. The van der Waals surface area contributed by atoms with Crippen LogP contribution in [0.4, 0.5) is 4.79 Å². The van der Waals surface area contributed by atoms with Crippen molar-refractivity contribution in [1.82, 2.24) is 10.6 Å². The zero-order valence-corrected chi connectivity index (χ0v) is 13.0. The van der Waals surface area contributed by atoms with E-state index in [1.807, 2.05) is 19.1 Å². The molecule has 0 aliphatic rings. The van der Waals surface area contributed by atoms with E-state index in [0.717, 1.165) is 18.4 Å². The molecule has 124 valence electrons. The quantitative estimate of drug-likeness (QED) is 0.630. The summed E-state index contributed by atoms with van der Waals surface area (Å²) in [6.07, 6.45) is 2.20. The van der Waals surface area contributed by atoms with Crippen LogP contribution >= 0.6 is 0 Å². The molecular weight excluding hydrogens is 296 g/mol. The molecular formula is C17H22N2O4. The van der Waals surface area contributed by atoms with E-state index in [2.05, 4.69) is 10.6 Å². The molecule has 23 heavy (non-hydrogen) atoms. The van der Waals surface area contributed by atoms with E-state index in [1.54, 1.807) is 24.3 Å². The molecule has 2 rings (SSSR count). The molecule has 1 aromatic carbocycles. The third-order valence-electron chi connectivity index (χ3n) is 3.51. The van der Waals surface area contributed by atoms with Crippen LogP contribution in [0.1, 0.15) is 30.8 Å². The van der Waals surface area contributed by atoms with Crippen molar-refractivity contribution in [3.05, 3.63) is 54.0 Å². The van der Waals surface area contributed by atoms with Crippen LogP contribution in [0.3, 0.4) is 0 Å². The van der Waals surface area contributed by atoms with Crippen molar-refractivity contribution in [3.63, 3.8) is 0 Å². The lowest BCUT2D eigenvalue weighted by Crippen LogP contribution is -2.42. The average molecular weight is 318 g/mol. The van der Waals surface area contributed by atoms with E-state index < -0.39 is 6.10 Å². The van der Waals surface area contributed by atoms with Gasteiger partial charge in [0.1, 0.15) is 17.6 Å². The number of carbonyl (C=O) groups excluding carboxylic acids is 1. The number of aliphatic hydroxyl groups is 1. The summed E-state index contributed by atoms with van der Waals surface area (Å²) in [6.45, 7) is 2.01. The molecule has 0 radical (unpaired) electrons. The summed E-state index contributed by atoms with van der Waals surface area (Å²) < 4.78 is 5.07. The zero-order chi connectivity index (χ0) is 16.7. The van der Waals surface area contributed by atoms with Gasteiger partial charge in [0.2, 0.25) is 0 Å². The number of aliphatic hydroxyl groups excluding tert-OH is 1. The van der Waals surface area contributed by atoms with Gasteiger partial charge < -0.3 is 25.3 Å². The number of benzene rings is 1. The number of phenols is 1. The molecule has 6 heteroatoms. The highest BCUT2D eigenvalue weighted by atomic mass is 16.4. The number of phenolic OH excluding ortho intramolecular Hbond substituents is 1. The number of rotatable bonds is 7. The molecule has 0 bridgehead atoms. The van der Waals surface area contributed by atoms with E-state index in [-0.39, 0.29) is 24.4 Å². The predicted molar refractivity (Wildman–Crippen MR) is 86.1 cm³/mol. The molecule has 1 aromatic heterocycles. The van der Waals surface area contributed by atoms with Crippen molar-refractivity contribution < 1.29 is 19.4 Å². The van der Waals surface area contributed by atoms with Crippen LogP contribution in [-0.4, -0.2) is 28.8 Å². The van der Waals surface area contributed by atoms with Crippen LogP contribution in [0.2, 0.25) is 0 Å². The van der Waals surface area contributed by atoms with E-state index in [0.29, 0.717) is 5.76 Å². The highest BCUT2D eigenvalue weighted by Gasteiger charge is 2.13. The second-order valence-corrected chi connectivity index (χ2v) is 5.49. The van der Waals surface area contributed by atoms with Gasteiger partial charge in [0.25, 0.3) is 0 Å². The monoisotopic (exact) mass is 318 g/mol. The predicted octanol–water partition coefficient (Wildman–Crippen LogP) is 2.34. The number of carbonyl (C=O) groups is 1. The van der Waals surface area contributed by atoms with E-state index in [9.17, 15) is 15.0 Å². The van der Waals surface area contributed by atoms with Crippen molar-refractivity contribution in [2.75, 3.05) is 6.54 Å². The Labute approximate surface area is 135 Å². The first-order chi connectivity index (χ1) is 11.0. The average Bonchev–Trinajstić information content (AvgIpc) is 3.06. The molecule has 2 aromatic rings. The maximum absolute atomic E-state index is 11.8. The Kier molecular flexibility index (Phi) is 6.05. The molecule has 0 aliphatic carbocycles. The van der Waals surface area contributed by atoms with E-state index >= 15 is 0 Å². The van der Waals surface area contributed by atoms with Crippen molar-refractivity contribution in [3.8, 4) is 5.75 Å². The number of aryl methyl sites for hydroxylation is 1. The minimum absolute atomic E-state index is 0.00967. The van der Waals surface area contributed by atoms with E-state index in [1.165, 1.54) is 6.26 Å². The standard InChI is InChI=1S/C17H22N2O4/c1-12(4-5-13-6-8-14(20)9-7-13)19-17(22)18-11-15(21)16-3-2-10-23-16/h2-3,6-10,12,15,20-21H,4-5,11H2,1H3,(H2,18,19,22). The summed E-state index contributed by atoms with van der Waals surface area (Å²) in [4.78, 5) is 11.8. The third-order valence-corrected chi connectivity index (χ3v) is 3.51. The molecule has 0 aliphatic heterocycles. The highest BCUT2D eigenvalue weighted by Crippen LogP contribution is 2.12. The Morgan fingerprint density at radius 2 is 2.00 bits per heavy atom.